The van der Waals surface area contributed by atoms with E-state index < -0.39 is 0 Å². The monoisotopic (exact) mass is 272 g/mol. The molecule has 3 nitrogen and oxygen atoms in total. The highest BCUT2D eigenvalue weighted by molar-refractivity contribution is 5.85. The fourth-order valence-electron chi connectivity index (χ4n) is 3.28. The normalized spacial score (nSPS) is 21.8. The molecule has 0 unspecified atom stereocenters. The SMILES string of the molecule is NCC1(C(=O)N2CCC(Cc3ccccc3)CC2)CC1. The minimum absolute atomic E-state index is 0.174. The standard InChI is InChI=1S/C17H24N2O/c18-13-17(8-9-17)16(20)19-10-6-15(7-11-19)12-14-4-2-1-3-5-14/h1-5,15H,6-13,18H2. The van der Waals surface area contributed by atoms with Crippen LogP contribution in [0.15, 0.2) is 30.3 Å². The van der Waals surface area contributed by atoms with Crippen LogP contribution < -0.4 is 5.73 Å². The summed E-state index contributed by atoms with van der Waals surface area (Å²) >= 11 is 0. The first-order chi connectivity index (χ1) is 9.73. The van der Waals surface area contributed by atoms with Gasteiger partial charge in [0.1, 0.15) is 0 Å². The van der Waals surface area contributed by atoms with Crippen molar-refractivity contribution in [3.63, 3.8) is 0 Å². The van der Waals surface area contributed by atoms with Crippen LogP contribution >= 0.6 is 0 Å². The van der Waals surface area contributed by atoms with Crippen molar-refractivity contribution >= 4 is 5.91 Å². The molecule has 1 saturated carbocycles. The Morgan fingerprint density at radius 1 is 1.20 bits per heavy atom. The molecule has 1 amide bonds. The van der Waals surface area contributed by atoms with Crippen LogP contribution in [0.1, 0.15) is 31.2 Å². The van der Waals surface area contributed by atoms with E-state index in [1.54, 1.807) is 0 Å². The van der Waals surface area contributed by atoms with Gasteiger partial charge in [0.15, 0.2) is 0 Å². The number of nitrogens with zero attached hydrogens (tertiary/aromatic N) is 1. The molecule has 1 aromatic rings. The number of amides is 1. The van der Waals surface area contributed by atoms with E-state index in [-0.39, 0.29) is 5.41 Å². The number of carbonyl (C=O) groups excluding carboxylic acids is 1. The number of hydrogen-bond donors (Lipinski definition) is 1. The van der Waals surface area contributed by atoms with Crippen molar-refractivity contribution in [2.45, 2.75) is 32.1 Å². The predicted octanol–water partition coefficient (Wildman–Crippen LogP) is 2.21. The van der Waals surface area contributed by atoms with Crippen molar-refractivity contribution in [2.75, 3.05) is 19.6 Å². The van der Waals surface area contributed by atoms with Crippen molar-refractivity contribution in [1.29, 1.82) is 0 Å². The second-order valence-electron chi connectivity index (χ2n) is 6.41. The van der Waals surface area contributed by atoms with Gasteiger partial charge in [-0.25, -0.2) is 0 Å². The zero-order valence-corrected chi connectivity index (χ0v) is 12.1. The number of rotatable bonds is 4. The zero-order valence-electron chi connectivity index (χ0n) is 12.1. The van der Waals surface area contributed by atoms with Crippen LogP contribution in [0.2, 0.25) is 0 Å². The van der Waals surface area contributed by atoms with Gasteiger partial charge in [0.2, 0.25) is 5.91 Å². The number of piperidine rings is 1. The summed E-state index contributed by atoms with van der Waals surface area (Å²) in [5.74, 6) is 1.03. The molecule has 20 heavy (non-hydrogen) atoms. The van der Waals surface area contributed by atoms with Crippen LogP contribution in [0.3, 0.4) is 0 Å². The molecular formula is C17H24N2O. The van der Waals surface area contributed by atoms with Crippen molar-refractivity contribution in [1.82, 2.24) is 4.90 Å². The van der Waals surface area contributed by atoms with E-state index in [1.165, 1.54) is 5.56 Å². The van der Waals surface area contributed by atoms with Crippen molar-refractivity contribution in [3.8, 4) is 0 Å². The molecular weight excluding hydrogens is 248 g/mol. The second-order valence-corrected chi connectivity index (χ2v) is 6.41. The minimum Gasteiger partial charge on any atom is -0.342 e. The zero-order chi connectivity index (χ0) is 14.0. The third-order valence-corrected chi connectivity index (χ3v) is 4.97. The summed E-state index contributed by atoms with van der Waals surface area (Å²) in [5.41, 5.74) is 7.00. The molecule has 1 heterocycles. The Kier molecular flexibility index (Phi) is 3.79. The van der Waals surface area contributed by atoms with Gasteiger partial charge in [-0.2, -0.15) is 0 Å². The molecule has 0 radical (unpaired) electrons. The Hall–Kier alpha value is -1.35. The van der Waals surface area contributed by atoms with E-state index in [2.05, 4.69) is 35.2 Å². The van der Waals surface area contributed by atoms with Gasteiger partial charge in [0.25, 0.3) is 0 Å². The number of carbonyl (C=O) groups is 1. The Morgan fingerprint density at radius 3 is 2.40 bits per heavy atom. The summed E-state index contributed by atoms with van der Waals surface area (Å²) in [7, 11) is 0. The summed E-state index contributed by atoms with van der Waals surface area (Å²) in [6, 6.07) is 10.7. The average Bonchev–Trinajstić information content (AvgIpc) is 3.30. The third-order valence-electron chi connectivity index (χ3n) is 4.97. The lowest BCUT2D eigenvalue weighted by molar-refractivity contribution is -0.138. The van der Waals surface area contributed by atoms with Crippen LogP contribution in [-0.2, 0) is 11.2 Å². The van der Waals surface area contributed by atoms with E-state index >= 15 is 0 Å². The molecule has 1 aliphatic carbocycles. The highest BCUT2D eigenvalue weighted by Crippen LogP contribution is 2.46. The molecule has 2 N–H and O–H groups in total. The molecule has 3 heteroatoms. The molecule has 0 bridgehead atoms. The van der Waals surface area contributed by atoms with E-state index in [1.807, 2.05) is 0 Å². The van der Waals surface area contributed by atoms with Gasteiger partial charge < -0.3 is 10.6 Å². The predicted molar refractivity (Wildman–Crippen MR) is 80.2 cm³/mol. The van der Waals surface area contributed by atoms with Crippen LogP contribution in [0.25, 0.3) is 0 Å². The Balaban J connectivity index is 1.51. The molecule has 0 aromatic heterocycles. The van der Waals surface area contributed by atoms with Crippen LogP contribution in [0.4, 0.5) is 0 Å². The van der Waals surface area contributed by atoms with Crippen molar-refractivity contribution < 1.29 is 4.79 Å². The third kappa shape index (κ3) is 2.73. The molecule has 2 fully saturated rings. The maximum atomic E-state index is 12.4. The first-order valence-electron chi connectivity index (χ1n) is 7.77. The number of likely N-dealkylation sites (tertiary alicyclic amines) is 1. The number of benzene rings is 1. The fraction of sp³-hybridized carbons (Fsp3) is 0.588. The maximum Gasteiger partial charge on any atom is 0.230 e. The Bertz CT molecular complexity index is 459. The summed E-state index contributed by atoms with van der Waals surface area (Å²) in [6.45, 7) is 2.35. The maximum absolute atomic E-state index is 12.4. The van der Waals surface area contributed by atoms with E-state index in [0.717, 1.165) is 51.1 Å². The van der Waals surface area contributed by atoms with Crippen molar-refractivity contribution in [2.24, 2.45) is 17.1 Å². The molecule has 0 spiro atoms. The smallest absolute Gasteiger partial charge is 0.230 e. The Labute approximate surface area is 121 Å². The molecule has 1 aromatic carbocycles. The molecule has 2 aliphatic rings. The first kappa shape index (κ1) is 13.6. The van der Waals surface area contributed by atoms with Crippen LogP contribution in [0.5, 0.6) is 0 Å². The highest BCUT2D eigenvalue weighted by Gasteiger charge is 2.50. The van der Waals surface area contributed by atoms with E-state index in [0.29, 0.717) is 12.5 Å². The van der Waals surface area contributed by atoms with Gasteiger partial charge in [-0.05, 0) is 43.6 Å². The molecule has 0 atom stereocenters. The van der Waals surface area contributed by atoms with Crippen LogP contribution in [-0.4, -0.2) is 30.4 Å². The topological polar surface area (TPSA) is 46.3 Å². The summed E-state index contributed by atoms with van der Waals surface area (Å²) in [4.78, 5) is 14.5. The largest absolute Gasteiger partial charge is 0.342 e. The summed E-state index contributed by atoms with van der Waals surface area (Å²) in [5, 5.41) is 0. The van der Waals surface area contributed by atoms with Gasteiger partial charge in [-0.15, -0.1) is 0 Å². The van der Waals surface area contributed by atoms with Gasteiger partial charge in [-0.1, -0.05) is 30.3 Å². The van der Waals surface area contributed by atoms with Gasteiger partial charge in [0.05, 0.1) is 5.41 Å². The average molecular weight is 272 g/mol. The van der Waals surface area contributed by atoms with Gasteiger partial charge in [-0.3, -0.25) is 4.79 Å². The van der Waals surface area contributed by atoms with Gasteiger partial charge >= 0.3 is 0 Å². The highest BCUT2D eigenvalue weighted by atomic mass is 16.2. The van der Waals surface area contributed by atoms with Crippen LogP contribution in [0, 0.1) is 11.3 Å². The van der Waals surface area contributed by atoms with Gasteiger partial charge in [0, 0.05) is 19.6 Å². The number of nitrogens with two attached hydrogens (primary N) is 1. The van der Waals surface area contributed by atoms with Crippen molar-refractivity contribution in [3.05, 3.63) is 35.9 Å². The summed E-state index contributed by atoms with van der Waals surface area (Å²) < 4.78 is 0. The van der Waals surface area contributed by atoms with E-state index in [4.69, 9.17) is 5.73 Å². The molecule has 108 valence electrons. The second kappa shape index (κ2) is 5.57. The minimum atomic E-state index is -0.174. The molecule has 1 saturated heterocycles. The lowest BCUT2D eigenvalue weighted by atomic mass is 9.89. The quantitative estimate of drug-likeness (QED) is 0.913. The lowest BCUT2D eigenvalue weighted by Crippen LogP contribution is -2.44. The molecule has 3 rings (SSSR count). The number of hydrogen-bond acceptors (Lipinski definition) is 2. The fourth-order valence-corrected chi connectivity index (χ4v) is 3.28. The lowest BCUT2D eigenvalue weighted by Gasteiger charge is -2.34. The first-order valence-corrected chi connectivity index (χ1v) is 7.77. The van der Waals surface area contributed by atoms with E-state index in [9.17, 15) is 4.79 Å². The summed E-state index contributed by atoms with van der Waals surface area (Å²) in [6.07, 6.45) is 5.38. The Morgan fingerprint density at radius 2 is 1.85 bits per heavy atom. The molecule has 1 aliphatic heterocycles.